The molecule has 2 amide bonds. The zero-order chi connectivity index (χ0) is 19.2. The first-order chi connectivity index (χ1) is 13.1. The largest absolute Gasteiger partial charge is 0.496 e. The molecule has 1 saturated heterocycles. The van der Waals surface area contributed by atoms with Crippen molar-refractivity contribution in [2.24, 2.45) is 0 Å². The van der Waals surface area contributed by atoms with E-state index in [1.54, 1.807) is 48.7 Å². The fourth-order valence-electron chi connectivity index (χ4n) is 3.30. The topological polar surface area (TPSA) is 67.9 Å². The van der Waals surface area contributed by atoms with Crippen molar-refractivity contribution in [3.05, 3.63) is 46.2 Å². The average Bonchev–Trinajstić information content (AvgIpc) is 3.20. The number of hydrogen-bond donors (Lipinski definition) is 1. The van der Waals surface area contributed by atoms with Gasteiger partial charge in [0, 0.05) is 24.0 Å². The highest BCUT2D eigenvalue weighted by molar-refractivity contribution is 7.10. The quantitative estimate of drug-likeness (QED) is 0.826. The van der Waals surface area contributed by atoms with Gasteiger partial charge in [0.05, 0.1) is 20.6 Å². The number of piperidine rings is 1. The smallest absolute Gasteiger partial charge is 0.261 e. The highest BCUT2D eigenvalue weighted by Crippen LogP contribution is 2.30. The molecule has 3 rings (SSSR count). The molecular formula is C20H24N2O4S. The number of nitrogens with zero attached hydrogens (tertiary/aromatic N) is 1. The molecule has 27 heavy (non-hydrogen) atoms. The van der Waals surface area contributed by atoms with E-state index in [9.17, 15) is 9.59 Å². The molecule has 1 aliphatic rings. The van der Waals surface area contributed by atoms with Gasteiger partial charge in [-0.15, -0.1) is 11.3 Å². The molecule has 2 aromatic rings. The lowest BCUT2D eigenvalue weighted by Gasteiger charge is -2.33. The standard InChI is InChI=1S/C20H24N2O4S/c1-25-16-6-3-7-17(26-2)19(16)20(24)22-10-8-14(9-11-22)21-18(23)13-15-5-4-12-27-15/h3-7,12,14H,8-11,13H2,1-2H3,(H,21,23). The Balaban J connectivity index is 1.57. The average molecular weight is 388 g/mol. The molecule has 6 nitrogen and oxygen atoms in total. The van der Waals surface area contributed by atoms with Gasteiger partial charge >= 0.3 is 0 Å². The van der Waals surface area contributed by atoms with Crippen LogP contribution in [-0.2, 0) is 11.2 Å². The fraction of sp³-hybridized carbons (Fsp3) is 0.400. The third-order valence-corrected chi connectivity index (χ3v) is 5.58. The minimum Gasteiger partial charge on any atom is -0.496 e. The summed E-state index contributed by atoms with van der Waals surface area (Å²) in [6, 6.07) is 9.32. The highest BCUT2D eigenvalue weighted by atomic mass is 32.1. The Morgan fingerprint density at radius 3 is 2.33 bits per heavy atom. The predicted octanol–water partition coefficient (Wildman–Crippen LogP) is 2.73. The summed E-state index contributed by atoms with van der Waals surface area (Å²) in [5.41, 5.74) is 0.447. The molecule has 0 atom stereocenters. The van der Waals surface area contributed by atoms with Crippen molar-refractivity contribution in [2.45, 2.75) is 25.3 Å². The Kier molecular flexibility index (Phi) is 6.34. The van der Waals surface area contributed by atoms with Crippen LogP contribution in [0.3, 0.4) is 0 Å². The van der Waals surface area contributed by atoms with Gasteiger partial charge in [0.25, 0.3) is 5.91 Å². The Labute approximate surface area is 163 Å². The van der Waals surface area contributed by atoms with Crippen molar-refractivity contribution in [3.8, 4) is 11.5 Å². The molecule has 0 radical (unpaired) electrons. The summed E-state index contributed by atoms with van der Waals surface area (Å²) in [4.78, 5) is 28.0. The Bertz CT molecular complexity index is 761. The van der Waals surface area contributed by atoms with Crippen LogP contribution < -0.4 is 14.8 Å². The number of carbonyl (C=O) groups is 2. The maximum atomic E-state index is 13.0. The highest BCUT2D eigenvalue weighted by Gasteiger charge is 2.28. The minimum atomic E-state index is -0.104. The van der Waals surface area contributed by atoms with E-state index in [4.69, 9.17) is 9.47 Å². The van der Waals surface area contributed by atoms with E-state index in [0.29, 0.717) is 36.6 Å². The lowest BCUT2D eigenvalue weighted by molar-refractivity contribution is -0.121. The summed E-state index contributed by atoms with van der Waals surface area (Å²) in [7, 11) is 3.09. The fourth-order valence-corrected chi connectivity index (χ4v) is 4.00. The zero-order valence-electron chi connectivity index (χ0n) is 15.6. The van der Waals surface area contributed by atoms with Gasteiger partial charge in [0.15, 0.2) is 0 Å². The molecule has 0 saturated carbocycles. The number of ether oxygens (including phenoxy) is 2. The molecule has 0 aliphatic carbocycles. The number of amides is 2. The molecule has 0 bridgehead atoms. The van der Waals surface area contributed by atoms with Crippen LogP contribution in [0.1, 0.15) is 28.1 Å². The number of benzene rings is 1. The number of hydrogen-bond acceptors (Lipinski definition) is 5. The van der Waals surface area contributed by atoms with Crippen molar-refractivity contribution in [3.63, 3.8) is 0 Å². The van der Waals surface area contributed by atoms with Crippen LogP contribution in [0.4, 0.5) is 0 Å². The maximum absolute atomic E-state index is 13.0. The second kappa shape index (κ2) is 8.90. The summed E-state index contributed by atoms with van der Waals surface area (Å²) in [5, 5.41) is 5.05. The molecule has 2 heterocycles. The SMILES string of the molecule is COc1cccc(OC)c1C(=O)N1CCC(NC(=O)Cc2cccs2)CC1. The summed E-state index contributed by atoms with van der Waals surface area (Å²) in [5.74, 6) is 0.942. The van der Waals surface area contributed by atoms with Gasteiger partial charge in [0.1, 0.15) is 17.1 Å². The predicted molar refractivity (Wildman–Crippen MR) is 105 cm³/mol. The van der Waals surface area contributed by atoms with E-state index in [-0.39, 0.29) is 17.9 Å². The van der Waals surface area contributed by atoms with Crippen molar-refractivity contribution in [1.82, 2.24) is 10.2 Å². The summed E-state index contributed by atoms with van der Waals surface area (Å²) >= 11 is 1.58. The van der Waals surface area contributed by atoms with Gasteiger partial charge in [-0.3, -0.25) is 9.59 Å². The summed E-state index contributed by atoms with van der Waals surface area (Å²) in [6.07, 6.45) is 1.88. The van der Waals surface area contributed by atoms with E-state index in [1.165, 1.54) is 0 Å². The Morgan fingerprint density at radius 2 is 1.78 bits per heavy atom. The van der Waals surface area contributed by atoms with Crippen LogP contribution >= 0.6 is 11.3 Å². The molecule has 1 N–H and O–H groups in total. The minimum absolute atomic E-state index is 0.0358. The normalized spacial score (nSPS) is 14.7. The molecule has 0 spiro atoms. The maximum Gasteiger partial charge on any atom is 0.261 e. The molecule has 1 fully saturated rings. The first kappa shape index (κ1) is 19.2. The monoisotopic (exact) mass is 388 g/mol. The molecule has 7 heteroatoms. The second-order valence-corrected chi connectivity index (χ2v) is 7.46. The van der Waals surface area contributed by atoms with E-state index < -0.39 is 0 Å². The van der Waals surface area contributed by atoms with Gasteiger partial charge < -0.3 is 19.7 Å². The van der Waals surface area contributed by atoms with Crippen molar-refractivity contribution >= 4 is 23.2 Å². The zero-order valence-corrected chi connectivity index (χ0v) is 16.4. The first-order valence-electron chi connectivity index (χ1n) is 8.94. The molecule has 1 aliphatic heterocycles. The number of thiophene rings is 1. The van der Waals surface area contributed by atoms with Crippen LogP contribution in [0.5, 0.6) is 11.5 Å². The number of rotatable bonds is 6. The number of likely N-dealkylation sites (tertiary alicyclic amines) is 1. The van der Waals surface area contributed by atoms with Gasteiger partial charge in [-0.05, 0) is 36.4 Å². The van der Waals surface area contributed by atoms with Crippen LogP contribution in [0.2, 0.25) is 0 Å². The number of carbonyl (C=O) groups excluding carboxylic acids is 2. The van der Waals surface area contributed by atoms with Crippen LogP contribution in [0.15, 0.2) is 35.7 Å². The van der Waals surface area contributed by atoms with E-state index in [0.717, 1.165) is 17.7 Å². The van der Waals surface area contributed by atoms with Crippen molar-refractivity contribution in [1.29, 1.82) is 0 Å². The van der Waals surface area contributed by atoms with Gasteiger partial charge in [-0.1, -0.05) is 12.1 Å². The van der Waals surface area contributed by atoms with Gasteiger partial charge in [-0.25, -0.2) is 0 Å². The molecular weight excluding hydrogens is 364 g/mol. The third-order valence-electron chi connectivity index (χ3n) is 4.70. The first-order valence-corrected chi connectivity index (χ1v) is 9.82. The van der Waals surface area contributed by atoms with E-state index in [2.05, 4.69) is 5.32 Å². The lowest BCUT2D eigenvalue weighted by atomic mass is 10.0. The summed E-state index contributed by atoms with van der Waals surface area (Å²) in [6.45, 7) is 1.17. The van der Waals surface area contributed by atoms with Crippen LogP contribution in [0.25, 0.3) is 0 Å². The Morgan fingerprint density at radius 1 is 1.11 bits per heavy atom. The molecule has 1 aromatic heterocycles. The van der Waals surface area contributed by atoms with E-state index in [1.807, 2.05) is 17.5 Å². The molecule has 1 aromatic carbocycles. The summed E-state index contributed by atoms with van der Waals surface area (Å²) < 4.78 is 10.7. The Hall–Kier alpha value is -2.54. The van der Waals surface area contributed by atoms with Crippen LogP contribution in [-0.4, -0.2) is 50.1 Å². The van der Waals surface area contributed by atoms with Crippen molar-refractivity contribution in [2.75, 3.05) is 27.3 Å². The van der Waals surface area contributed by atoms with Crippen molar-refractivity contribution < 1.29 is 19.1 Å². The van der Waals surface area contributed by atoms with Gasteiger partial charge in [0.2, 0.25) is 5.91 Å². The lowest BCUT2D eigenvalue weighted by Crippen LogP contribution is -2.47. The number of nitrogens with one attached hydrogen (secondary N) is 1. The third kappa shape index (κ3) is 4.60. The van der Waals surface area contributed by atoms with Gasteiger partial charge in [-0.2, -0.15) is 0 Å². The van der Waals surface area contributed by atoms with E-state index >= 15 is 0 Å². The molecule has 144 valence electrons. The van der Waals surface area contributed by atoms with Crippen LogP contribution in [0, 0.1) is 0 Å². The second-order valence-electron chi connectivity index (χ2n) is 6.43. The molecule has 0 unspecified atom stereocenters. The number of methoxy groups -OCH3 is 2.